The number of amides is 1. The predicted octanol–water partition coefficient (Wildman–Crippen LogP) is 2.33. The lowest BCUT2D eigenvalue weighted by molar-refractivity contribution is -0.121. The van der Waals surface area contributed by atoms with Crippen molar-refractivity contribution in [3.8, 4) is 5.75 Å². The maximum Gasteiger partial charge on any atom is 0.241 e. The summed E-state index contributed by atoms with van der Waals surface area (Å²) < 4.78 is 5.10. The predicted molar refractivity (Wildman–Crippen MR) is 85.4 cm³/mol. The highest BCUT2D eigenvalue weighted by atomic mass is 16.5. The van der Waals surface area contributed by atoms with Crippen LogP contribution in [0.25, 0.3) is 0 Å². The molecule has 3 N–H and O–H groups in total. The standard InChI is InChI=1S/C16H25N3O2/c1-10(12-5-6-12)19(3)11(2)16(20)18-15-8-7-13(21-4)9-14(15)17/h7-12H,5-6,17H2,1-4H3,(H,18,20). The van der Waals surface area contributed by atoms with Gasteiger partial charge in [-0.25, -0.2) is 0 Å². The van der Waals surface area contributed by atoms with Crippen LogP contribution in [0.3, 0.4) is 0 Å². The van der Waals surface area contributed by atoms with Gasteiger partial charge < -0.3 is 15.8 Å². The molecule has 21 heavy (non-hydrogen) atoms. The highest BCUT2D eigenvalue weighted by Crippen LogP contribution is 2.35. The monoisotopic (exact) mass is 291 g/mol. The Morgan fingerprint density at radius 2 is 2.10 bits per heavy atom. The third-order valence-electron chi connectivity index (χ3n) is 4.45. The van der Waals surface area contributed by atoms with Crippen molar-refractivity contribution in [3.63, 3.8) is 0 Å². The number of hydrogen-bond donors (Lipinski definition) is 2. The molecule has 2 atom stereocenters. The lowest BCUT2D eigenvalue weighted by Crippen LogP contribution is -2.45. The average Bonchev–Trinajstić information content (AvgIpc) is 3.31. The summed E-state index contributed by atoms with van der Waals surface area (Å²) in [5, 5.41) is 2.90. The summed E-state index contributed by atoms with van der Waals surface area (Å²) in [5.74, 6) is 1.37. The molecule has 1 aromatic carbocycles. The molecule has 5 heteroatoms. The molecule has 5 nitrogen and oxygen atoms in total. The first-order valence-electron chi connectivity index (χ1n) is 7.40. The lowest BCUT2D eigenvalue weighted by atomic mass is 10.1. The van der Waals surface area contributed by atoms with E-state index in [0.29, 0.717) is 23.2 Å². The summed E-state index contributed by atoms with van der Waals surface area (Å²) in [7, 11) is 3.59. The summed E-state index contributed by atoms with van der Waals surface area (Å²) in [6, 6.07) is 5.49. The molecule has 0 radical (unpaired) electrons. The van der Waals surface area contributed by atoms with Gasteiger partial charge in [-0.1, -0.05) is 0 Å². The number of ether oxygens (including phenoxy) is 1. The summed E-state index contributed by atoms with van der Waals surface area (Å²) in [4.78, 5) is 14.5. The van der Waals surface area contributed by atoms with Crippen LogP contribution in [0.2, 0.25) is 0 Å². The topological polar surface area (TPSA) is 67.6 Å². The first kappa shape index (κ1) is 15.6. The molecule has 0 bridgehead atoms. The molecule has 1 aliphatic carbocycles. The number of likely N-dealkylation sites (N-methyl/N-ethyl adjacent to an activating group) is 1. The molecule has 0 saturated heterocycles. The molecule has 1 aliphatic rings. The maximum absolute atomic E-state index is 12.4. The van der Waals surface area contributed by atoms with E-state index in [4.69, 9.17) is 10.5 Å². The Bertz CT molecular complexity index is 514. The van der Waals surface area contributed by atoms with Gasteiger partial charge in [0.05, 0.1) is 24.5 Å². The van der Waals surface area contributed by atoms with Gasteiger partial charge in [0.1, 0.15) is 5.75 Å². The number of nitrogen functional groups attached to an aromatic ring is 1. The number of nitrogens with zero attached hydrogens (tertiary/aromatic N) is 1. The van der Waals surface area contributed by atoms with Crippen LogP contribution in [0, 0.1) is 5.92 Å². The summed E-state index contributed by atoms with van der Waals surface area (Å²) >= 11 is 0. The molecule has 1 aromatic rings. The third kappa shape index (κ3) is 3.67. The number of nitrogens with one attached hydrogen (secondary N) is 1. The number of rotatable bonds is 6. The van der Waals surface area contributed by atoms with Crippen molar-refractivity contribution >= 4 is 17.3 Å². The molecule has 2 unspecified atom stereocenters. The maximum atomic E-state index is 12.4. The highest BCUT2D eigenvalue weighted by Gasteiger charge is 2.33. The second-order valence-corrected chi connectivity index (χ2v) is 5.86. The Hall–Kier alpha value is -1.75. The molecule has 2 rings (SSSR count). The van der Waals surface area contributed by atoms with Gasteiger partial charge in [-0.15, -0.1) is 0 Å². The zero-order valence-corrected chi connectivity index (χ0v) is 13.2. The smallest absolute Gasteiger partial charge is 0.241 e. The molecule has 1 fully saturated rings. The Labute approximate surface area is 126 Å². The minimum absolute atomic E-state index is 0.0399. The van der Waals surface area contributed by atoms with Crippen molar-refractivity contribution in [1.82, 2.24) is 4.90 Å². The van der Waals surface area contributed by atoms with Crippen LogP contribution in [0.4, 0.5) is 11.4 Å². The molecule has 0 spiro atoms. The largest absolute Gasteiger partial charge is 0.497 e. The molecule has 1 amide bonds. The van der Waals surface area contributed by atoms with Gasteiger partial charge in [-0.05, 0) is 51.8 Å². The van der Waals surface area contributed by atoms with Crippen molar-refractivity contribution < 1.29 is 9.53 Å². The molecule has 116 valence electrons. The molecule has 1 saturated carbocycles. The summed E-state index contributed by atoms with van der Waals surface area (Å²) in [6.07, 6.45) is 2.54. The minimum Gasteiger partial charge on any atom is -0.497 e. The summed E-state index contributed by atoms with van der Waals surface area (Å²) in [5.41, 5.74) is 7.06. The molecular formula is C16H25N3O2. The summed E-state index contributed by atoms with van der Waals surface area (Å²) in [6.45, 7) is 4.11. The molecule has 0 aromatic heterocycles. The first-order valence-corrected chi connectivity index (χ1v) is 7.40. The lowest BCUT2D eigenvalue weighted by Gasteiger charge is -2.30. The number of carbonyl (C=O) groups is 1. The van der Waals surface area contributed by atoms with Gasteiger partial charge in [0.15, 0.2) is 0 Å². The number of methoxy groups -OCH3 is 1. The van der Waals surface area contributed by atoms with Gasteiger partial charge >= 0.3 is 0 Å². The Balaban J connectivity index is 1.99. The second-order valence-electron chi connectivity index (χ2n) is 5.86. The van der Waals surface area contributed by atoms with Crippen LogP contribution in [0.15, 0.2) is 18.2 Å². The number of nitrogens with two attached hydrogens (primary N) is 1. The average molecular weight is 291 g/mol. The zero-order valence-electron chi connectivity index (χ0n) is 13.2. The van der Waals surface area contributed by atoms with E-state index >= 15 is 0 Å². The van der Waals surface area contributed by atoms with E-state index in [1.807, 2.05) is 14.0 Å². The fourth-order valence-electron chi connectivity index (χ4n) is 2.47. The molecule has 0 heterocycles. The Morgan fingerprint density at radius 1 is 1.43 bits per heavy atom. The number of carbonyl (C=O) groups excluding carboxylic acids is 1. The van der Waals surface area contributed by atoms with E-state index in [9.17, 15) is 4.79 Å². The minimum atomic E-state index is -0.192. The molecular weight excluding hydrogens is 266 g/mol. The van der Waals surface area contributed by atoms with Crippen LogP contribution in [-0.2, 0) is 4.79 Å². The Morgan fingerprint density at radius 3 is 2.62 bits per heavy atom. The fourth-order valence-corrected chi connectivity index (χ4v) is 2.47. The van der Waals surface area contributed by atoms with E-state index < -0.39 is 0 Å². The van der Waals surface area contributed by atoms with Crippen molar-refractivity contribution in [2.75, 3.05) is 25.2 Å². The number of anilines is 2. The van der Waals surface area contributed by atoms with E-state index in [2.05, 4.69) is 17.1 Å². The van der Waals surface area contributed by atoms with Gasteiger partial charge in [0.25, 0.3) is 0 Å². The van der Waals surface area contributed by atoms with E-state index in [-0.39, 0.29) is 11.9 Å². The van der Waals surface area contributed by atoms with Crippen molar-refractivity contribution in [3.05, 3.63) is 18.2 Å². The number of hydrogen-bond acceptors (Lipinski definition) is 4. The van der Waals surface area contributed by atoms with Crippen LogP contribution < -0.4 is 15.8 Å². The first-order chi connectivity index (χ1) is 9.93. The Kier molecular flexibility index (Phi) is 4.73. The second kappa shape index (κ2) is 6.35. The fraction of sp³-hybridized carbons (Fsp3) is 0.562. The van der Waals surface area contributed by atoms with Crippen LogP contribution >= 0.6 is 0 Å². The van der Waals surface area contributed by atoms with Crippen molar-refractivity contribution in [2.45, 2.75) is 38.8 Å². The van der Waals surface area contributed by atoms with Gasteiger partial charge in [-0.2, -0.15) is 0 Å². The normalized spacial score (nSPS) is 17.4. The van der Waals surface area contributed by atoms with Gasteiger partial charge in [0.2, 0.25) is 5.91 Å². The van der Waals surface area contributed by atoms with Crippen LogP contribution in [-0.4, -0.2) is 37.0 Å². The van der Waals surface area contributed by atoms with Crippen molar-refractivity contribution in [1.29, 1.82) is 0 Å². The highest BCUT2D eigenvalue weighted by molar-refractivity contribution is 5.97. The quantitative estimate of drug-likeness (QED) is 0.789. The molecule has 0 aliphatic heterocycles. The van der Waals surface area contributed by atoms with Crippen LogP contribution in [0.5, 0.6) is 5.75 Å². The van der Waals surface area contributed by atoms with E-state index in [1.165, 1.54) is 12.8 Å². The zero-order chi connectivity index (χ0) is 15.6. The number of benzene rings is 1. The third-order valence-corrected chi connectivity index (χ3v) is 4.45. The van der Waals surface area contributed by atoms with Gasteiger partial charge in [-0.3, -0.25) is 9.69 Å². The van der Waals surface area contributed by atoms with Crippen LogP contribution in [0.1, 0.15) is 26.7 Å². The van der Waals surface area contributed by atoms with E-state index in [0.717, 1.165) is 5.92 Å². The van der Waals surface area contributed by atoms with E-state index in [1.54, 1.807) is 25.3 Å². The van der Waals surface area contributed by atoms with Crippen molar-refractivity contribution in [2.24, 2.45) is 5.92 Å². The van der Waals surface area contributed by atoms with Gasteiger partial charge in [0, 0.05) is 12.1 Å². The SMILES string of the molecule is COc1ccc(NC(=O)C(C)N(C)C(C)C2CC2)c(N)c1.